The molecule has 7 atom stereocenters. The largest absolute Gasteiger partial charge is 0.479 e. The molecular formula is C35H46BrN3O9S. The van der Waals surface area contributed by atoms with Crippen molar-refractivity contribution in [2.45, 2.75) is 118 Å². The molecule has 0 radical (unpaired) electrons. The van der Waals surface area contributed by atoms with Crippen LogP contribution in [0.4, 0.5) is 4.79 Å². The predicted octanol–water partition coefficient (Wildman–Crippen LogP) is 5.22. The lowest BCUT2D eigenvalue weighted by atomic mass is 9.98. The van der Waals surface area contributed by atoms with Crippen molar-refractivity contribution >= 4 is 49.9 Å². The first-order chi connectivity index (χ1) is 23.4. The molecule has 0 spiro atoms. The summed E-state index contributed by atoms with van der Waals surface area (Å²) in [5, 5.41) is 15.5. The van der Waals surface area contributed by atoms with Gasteiger partial charge in [0.1, 0.15) is 23.7 Å². The van der Waals surface area contributed by atoms with E-state index in [-0.39, 0.29) is 42.7 Å². The van der Waals surface area contributed by atoms with Gasteiger partial charge in [-0.15, -0.1) is 6.58 Å². The normalized spacial score (nSPS) is 31.3. The molecule has 1 saturated heterocycles. The van der Waals surface area contributed by atoms with Crippen LogP contribution in [0.3, 0.4) is 0 Å². The van der Waals surface area contributed by atoms with Gasteiger partial charge in [-0.05, 0) is 94.4 Å². The maximum Gasteiger partial charge on any atom is 0.408 e. The number of nitrogens with zero attached hydrogens (tertiary/aromatic N) is 1. The van der Waals surface area contributed by atoms with Crippen molar-refractivity contribution < 1.29 is 41.6 Å². The molecule has 4 aliphatic rings. The quantitative estimate of drug-likeness (QED) is 0.164. The molecule has 0 unspecified atom stereocenters. The van der Waals surface area contributed by atoms with E-state index < -0.39 is 63.6 Å². The number of hydrogen-bond donors (Lipinski definition) is 3. The van der Waals surface area contributed by atoms with Gasteiger partial charge in [0.25, 0.3) is 10.1 Å². The second-order valence-electron chi connectivity index (χ2n) is 13.6. The van der Waals surface area contributed by atoms with Gasteiger partial charge in [0.05, 0.1) is 11.0 Å². The van der Waals surface area contributed by atoms with Gasteiger partial charge in [-0.2, -0.15) is 8.42 Å². The number of carbonyl (C=O) groups excluding carboxylic acids is 3. The highest BCUT2D eigenvalue weighted by atomic mass is 79.9. The molecule has 3 amide bonds. The molecule has 14 heteroatoms. The Kier molecular flexibility index (Phi) is 12.2. The highest BCUT2D eigenvalue weighted by Gasteiger charge is 2.61. The minimum Gasteiger partial charge on any atom is -0.479 e. The van der Waals surface area contributed by atoms with E-state index in [1.807, 2.05) is 18.2 Å². The summed E-state index contributed by atoms with van der Waals surface area (Å²) in [7, 11) is -4.27. The Balaban J connectivity index is 1.37. The third-order valence-corrected chi connectivity index (χ3v) is 12.0. The number of ether oxygens (including phenoxy) is 1. The van der Waals surface area contributed by atoms with Gasteiger partial charge in [0.2, 0.25) is 11.8 Å². The molecule has 3 N–H and O–H groups in total. The van der Waals surface area contributed by atoms with Gasteiger partial charge in [-0.3, -0.25) is 13.8 Å². The van der Waals surface area contributed by atoms with Crippen LogP contribution in [0.1, 0.15) is 83.5 Å². The minimum absolute atomic E-state index is 0.0922. The molecule has 5 rings (SSSR count). The Labute approximate surface area is 296 Å². The smallest absolute Gasteiger partial charge is 0.408 e. The summed E-state index contributed by atoms with van der Waals surface area (Å²) in [6.07, 6.45) is 12.1. The summed E-state index contributed by atoms with van der Waals surface area (Å²) in [6, 6.07) is 3.59. The molecule has 2 aliphatic heterocycles. The Hall–Kier alpha value is -3.23. The second-order valence-corrected chi connectivity index (χ2v) is 16.0. The highest BCUT2D eigenvalue weighted by Crippen LogP contribution is 2.45. The van der Waals surface area contributed by atoms with Crippen molar-refractivity contribution in [1.82, 2.24) is 15.5 Å². The van der Waals surface area contributed by atoms with E-state index in [0.717, 1.165) is 51.4 Å². The van der Waals surface area contributed by atoms with Crippen LogP contribution >= 0.6 is 15.9 Å². The number of allylic oxidation sites excluding steroid dienone is 2. The number of aliphatic carboxylic acids is 1. The summed E-state index contributed by atoms with van der Waals surface area (Å²) in [6.45, 7) is 3.52. The Morgan fingerprint density at radius 1 is 1.12 bits per heavy atom. The van der Waals surface area contributed by atoms with Crippen molar-refractivity contribution in [2.24, 2.45) is 11.8 Å². The van der Waals surface area contributed by atoms with Crippen LogP contribution in [-0.4, -0.2) is 78.7 Å². The van der Waals surface area contributed by atoms with E-state index in [4.69, 9.17) is 8.92 Å². The molecular weight excluding hydrogens is 718 g/mol. The Morgan fingerprint density at radius 2 is 1.90 bits per heavy atom. The predicted molar refractivity (Wildman–Crippen MR) is 184 cm³/mol. The molecule has 268 valence electrons. The standard InChI is InChI=1S/C35H46BrN3O9S/c1-2-3-7-11-23-12-10-15-30(23)47-34(44)37-28-14-9-6-4-5-8-13-24-21-35(24,33(42)43)38-31(40)29-20-26(22-39(29)32(28)41)48-49(45,46)27-18-16-25(36)17-19-27/h2,8,13,16-19,23-24,26,28-30H,1,3-7,9-12,14-15,20-22H2,(H,37,44)(H,38,40)(H,42,43)/b13-8-/t23-,24-,26+,28+,29+,30-,35-/m1/s1. The first kappa shape index (κ1) is 37.0. The summed E-state index contributed by atoms with van der Waals surface area (Å²) >= 11 is 3.28. The van der Waals surface area contributed by atoms with Crippen LogP contribution in [-0.2, 0) is 33.4 Å². The van der Waals surface area contributed by atoms with E-state index in [9.17, 15) is 32.7 Å². The topological polar surface area (TPSA) is 168 Å². The minimum atomic E-state index is -4.27. The molecule has 3 fully saturated rings. The maximum atomic E-state index is 14.3. The van der Waals surface area contributed by atoms with E-state index in [1.165, 1.54) is 17.0 Å². The lowest BCUT2D eigenvalue weighted by Crippen LogP contribution is -2.56. The van der Waals surface area contributed by atoms with Crippen molar-refractivity contribution in [3.05, 3.63) is 53.5 Å². The van der Waals surface area contributed by atoms with E-state index in [2.05, 4.69) is 33.1 Å². The number of fused-ring (bicyclic) bond motifs is 2. The number of amides is 3. The maximum absolute atomic E-state index is 14.3. The van der Waals surface area contributed by atoms with Crippen LogP contribution in [0.25, 0.3) is 0 Å². The monoisotopic (exact) mass is 763 g/mol. The van der Waals surface area contributed by atoms with Gasteiger partial charge >= 0.3 is 12.1 Å². The second kappa shape index (κ2) is 16.2. The molecule has 2 saturated carbocycles. The third kappa shape index (κ3) is 9.12. The van der Waals surface area contributed by atoms with E-state index in [0.29, 0.717) is 17.3 Å². The number of rotatable bonds is 10. The fourth-order valence-corrected chi connectivity index (χ4v) is 8.64. The van der Waals surface area contributed by atoms with Crippen molar-refractivity contribution in [2.75, 3.05) is 6.54 Å². The summed E-state index contributed by atoms with van der Waals surface area (Å²) in [5.41, 5.74) is -1.52. The number of hydrogen-bond acceptors (Lipinski definition) is 8. The number of nitrogens with one attached hydrogen (secondary N) is 2. The molecule has 49 heavy (non-hydrogen) atoms. The lowest BCUT2D eigenvalue weighted by molar-refractivity contribution is -0.145. The molecule has 2 heterocycles. The third-order valence-electron chi connectivity index (χ3n) is 10.1. The van der Waals surface area contributed by atoms with E-state index in [1.54, 1.807) is 12.1 Å². The van der Waals surface area contributed by atoms with Crippen LogP contribution in [0, 0.1) is 11.8 Å². The lowest BCUT2D eigenvalue weighted by Gasteiger charge is -2.30. The zero-order chi connectivity index (χ0) is 35.2. The number of unbranched alkanes of at least 4 members (excludes halogenated alkanes) is 1. The molecule has 1 aromatic carbocycles. The highest BCUT2D eigenvalue weighted by molar-refractivity contribution is 9.10. The molecule has 0 aromatic heterocycles. The van der Waals surface area contributed by atoms with Gasteiger partial charge in [0.15, 0.2) is 0 Å². The number of carboxylic acid groups (broad SMARTS) is 1. The van der Waals surface area contributed by atoms with E-state index >= 15 is 0 Å². The van der Waals surface area contributed by atoms with Crippen LogP contribution in [0.2, 0.25) is 0 Å². The van der Waals surface area contributed by atoms with Crippen LogP contribution < -0.4 is 10.6 Å². The molecule has 1 aromatic rings. The van der Waals surface area contributed by atoms with Crippen molar-refractivity contribution in [1.29, 1.82) is 0 Å². The number of alkyl carbamates (subject to hydrolysis) is 1. The van der Waals surface area contributed by atoms with Crippen LogP contribution in [0.15, 0.2) is 58.4 Å². The first-order valence-corrected chi connectivity index (χ1v) is 19.4. The molecule has 0 bridgehead atoms. The molecule has 12 nitrogen and oxygen atoms in total. The number of carbonyl (C=O) groups is 4. The van der Waals surface area contributed by atoms with Gasteiger partial charge in [-0.1, -0.05) is 47.0 Å². The number of halogens is 1. The zero-order valence-corrected chi connectivity index (χ0v) is 30.0. The molecule has 2 aliphatic carbocycles. The van der Waals surface area contributed by atoms with Crippen LogP contribution in [0.5, 0.6) is 0 Å². The first-order valence-electron chi connectivity index (χ1n) is 17.2. The van der Waals surface area contributed by atoms with Crippen molar-refractivity contribution in [3.63, 3.8) is 0 Å². The SMILES string of the molecule is C=CCCC[C@@H]1CCC[C@H]1OC(=O)N[C@H]1CCCCC/C=C\[C@@H]2C[C@@]2(C(=O)O)NC(=O)[C@@H]2C[C@H](OS(=O)(=O)c3ccc(Br)cc3)CN2C1=O. The van der Waals surface area contributed by atoms with Crippen molar-refractivity contribution in [3.8, 4) is 0 Å². The fraction of sp³-hybridized carbons (Fsp3) is 0.600. The average Bonchev–Trinajstić information content (AvgIpc) is 3.33. The summed E-state index contributed by atoms with van der Waals surface area (Å²) in [5.74, 6) is -2.66. The summed E-state index contributed by atoms with van der Waals surface area (Å²) in [4.78, 5) is 54.9. The number of carboxylic acids is 1. The van der Waals surface area contributed by atoms with Gasteiger partial charge < -0.3 is 25.4 Å². The zero-order valence-electron chi connectivity index (χ0n) is 27.6. The number of benzene rings is 1. The van der Waals surface area contributed by atoms with Gasteiger partial charge in [0, 0.05) is 23.4 Å². The Bertz CT molecular complexity index is 1530. The summed E-state index contributed by atoms with van der Waals surface area (Å²) < 4.78 is 38.5. The fourth-order valence-electron chi connectivity index (χ4n) is 7.29. The average molecular weight is 765 g/mol. The Morgan fingerprint density at radius 3 is 2.63 bits per heavy atom. The van der Waals surface area contributed by atoms with Gasteiger partial charge in [-0.25, -0.2) is 9.59 Å².